The monoisotopic (exact) mass is 337 g/mol. The van der Waals surface area contributed by atoms with Gasteiger partial charge in [-0.2, -0.15) is 5.26 Å². The summed E-state index contributed by atoms with van der Waals surface area (Å²) in [6.45, 7) is 2.63. The predicted octanol–water partition coefficient (Wildman–Crippen LogP) is 2.99. The van der Waals surface area contributed by atoms with Crippen LogP contribution in [-0.2, 0) is 11.3 Å². The van der Waals surface area contributed by atoms with E-state index >= 15 is 0 Å². The van der Waals surface area contributed by atoms with Crippen molar-refractivity contribution in [3.8, 4) is 6.07 Å². The van der Waals surface area contributed by atoms with Gasteiger partial charge in [0.15, 0.2) is 5.78 Å². The van der Waals surface area contributed by atoms with Gasteiger partial charge in [-0.25, -0.2) is 0 Å². The molecule has 0 radical (unpaired) electrons. The minimum absolute atomic E-state index is 0.166. The van der Waals surface area contributed by atoms with Crippen molar-refractivity contribution in [1.82, 2.24) is 9.47 Å². The first-order valence-electron chi connectivity index (χ1n) is 9.11. The van der Waals surface area contributed by atoms with Crippen molar-refractivity contribution in [2.75, 3.05) is 19.7 Å². The van der Waals surface area contributed by atoms with E-state index in [1.54, 1.807) is 0 Å². The Hall–Kier alpha value is -2.16. The Bertz CT molecular complexity index is 820. The Morgan fingerprint density at radius 3 is 3.08 bits per heavy atom. The number of nitriles is 1. The zero-order valence-electron chi connectivity index (χ0n) is 14.4. The number of nitrogens with zero attached hydrogens (tertiary/aromatic N) is 3. The van der Waals surface area contributed by atoms with Crippen LogP contribution < -0.4 is 0 Å². The Balaban J connectivity index is 1.58. The first-order chi connectivity index (χ1) is 12.3. The summed E-state index contributed by atoms with van der Waals surface area (Å²) in [6, 6.07) is 10.5. The molecule has 0 N–H and O–H groups in total. The molecule has 0 unspecified atom stereocenters. The number of para-hydroxylation sites is 1. The minimum atomic E-state index is 0.166. The lowest BCUT2D eigenvalue weighted by Crippen LogP contribution is -2.50. The number of ketones is 1. The number of carbonyl (C=O) groups excluding carboxylic acids is 1. The zero-order valence-corrected chi connectivity index (χ0v) is 14.4. The molecule has 4 rings (SSSR count). The lowest BCUT2D eigenvalue weighted by molar-refractivity contribution is -0.0522. The molecule has 25 heavy (non-hydrogen) atoms. The molecule has 2 heterocycles. The molecule has 1 aromatic heterocycles. The maximum Gasteiger partial charge on any atom is 0.178 e. The van der Waals surface area contributed by atoms with Gasteiger partial charge in [-0.05, 0) is 25.3 Å². The van der Waals surface area contributed by atoms with Crippen LogP contribution in [0.3, 0.4) is 0 Å². The molecule has 2 atom stereocenters. The van der Waals surface area contributed by atoms with Crippen LogP contribution >= 0.6 is 0 Å². The molecule has 0 bridgehead atoms. The molecule has 0 spiro atoms. The van der Waals surface area contributed by atoms with Crippen molar-refractivity contribution >= 4 is 16.7 Å². The summed E-state index contributed by atoms with van der Waals surface area (Å²) in [5.74, 6) is 0.166. The van der Waals surface area contributed by atoms with Gasteiger partial charge in [0.2, 0.25) is 0 Å². The van der Waals surface area contributed by atoms with Crippen LogP contribution in [0.15, 0.2) is 30.5 Å². The standard InChI is InChI=1S/C20H23N3O2/c21-9-4-10-22-13-16(15-5-1-2-6-17(15)22)19(24)14-23-11-12-25-20-8-3-7-18(20)23/h1-2,5-6,13,18,20H,3-4,7-8,10-12,14H2/t18-,20-/m1/s1. The number of carbonyl (C=O) groups is 1. The maximum absolute atomic E-state index is 13.0. The topological polar surface area (TPSA) is 58.3 Å². The van der Waals surface area contributed by atoms with Gasteiger partial charge in [0, 0.05) is 41.8 Å². The smallest absolute Gasteiger partial charge is 0.178 e. The van der Waals surface area contributed by atoms with Crippen molar-refractivity contribution in [3.05, 3.63) is 36.0 Å². The van der Waals surface area contributed by atoms with Gasteiger partial charge >= 0.3 is 0 Å². The van der Waals surface area contributed by atoms with Crippen LogP contribution in [0.5, 0.6) is 0 Å². The molecule has 2 aliphatic rings. The molecule has 2 fully saturated rings. The van der Waals surface area contributed by atoms with Crippen LogP contribution in [0.25, 0.3) is 10.9 Å². The Morgan fingerprint density at radius 2 is 2.20 bits per heavy atom. The highest BCUT2D eigenvalue weighted by atomic mass is 16.5. The molecular weight excluding hydrogens is 314 g/mol. The second kappa shape index (κ2) is 6.99. The second-order valence-corrected chi connectivity index (χ2v) is 6.96. The average molecular weight is 337 g/mol. The van der Waals surface area contributed by atoms with Crippen molar-refractivity contribution in [2.24, 2.45) is 0 Å². The van der Waals surface area contributed by atoms with Crippen LogP contribution in [0.4, 0.5) is 0 Å². The van der Waals surface area contributed by atoms with E-state index < -0.39 is 0 Å². The summed E-state index contributed by atoms with van der Waals surface area (Å²) < 4.78 is 7.88. The summed E-state index contributed by atoms with van der Waals surface area (Å²) >= 11 is 0. The molecule has 2 aromatic rings. The van der Waals surface area contributed by atoms with Crippen molar-refractivity contribution in [3.63, 3.8) is 0 Å². The van der Waals surface area contributed by atoms with Crippen LogP contribution in [0.2, 0.25) is 0 Å². The van der Waals surface area contributed by atoms with Crippen LogP contribution in [-0.4, -0.2) is 47.1 Å². The average Bonchev–Trinajstić information content (AvgIpc) is 3.25. The van der Waals surface area contributed by atoms with Gasteiger partial charge < -0.3 is 9.30 Å². The maximum atomic E-state index is 13.0. The first-order valence-corrected chi connectivity index (χ1v) is 9.11. The molecular formula is C20H23N3O2. The van der Waals surface area contributed by atoms with Gasteiger partial charge in [0.25, 0.3) is 0 Å². The molecule has 0 amide bonds. The number of morpholine rings is 1. The number of aryl methyl sites for hydroxylation is 1. The number of hydrogen-bond acceptors (Lipinski definition) is 4. The number of fused-ring (bicyclic) bond motifs is 2. The highest BCUT2D eigenvalue weighted by Crippen LogP contribution is 2.30. The molecule has 1 aromatic carbocycles. The molecule has 130 valence electrons. The van der Waals surface area contributed by atoms with Crippen LogP contribution in [0.1, 0.15) is 36.0 Å². The summed E-state index contributed by atoms with van der Waals surface area (Å²) in [6.07, 6.45) is 6.10. The van der Waals surface area contributed by atoms with E-state index in [-0.39, 0.29) is 5.78 Å². The highest BCUT2D eigenvalue weighted by molar-refractivity contribution is 6.09. The molecule has 1 saturated carbocycles. The lowest BCUT2D eigenvalue weighted by atomic mass is 10.1. The third kappa shape index (κ3) is 3.08. The summed E-state index contributed by atoms with van der Waals surface area (Å²) in [5.41, 5.74) is 1.80. The van der Waals surface area contributed by atoms with E-state index in [1.807, 2.05) is 35.0 Å². The van der Waals surface area contributed by atoms with E-state index in [4.69, 9.17) is 10.00 Å². The Kier molecular flexibility index (Phi) is 4.56. The summed E-state index contributed by atoms with van der Waals surface area (Å²) in [5, 5.41) is 9.86. The molecule has 1 saturated heterocycles. The SMILES string of the molecule is N#CCCn1cc(C(=O)CN2CCO[C@@H]3CCC[C@H]32)c2ccccc21. The second-order valence-electron chi connectivity index (χ2n) is 6.96. The van der Waals surface area contributed by atoms with Crippen LogP contribution in [0, 0.1) is 11.3 Å². The van der Waals surface area contributed by atoms with E-state index in [2.05, 4.69) is 11.0 Å². The Labute approximate surface area is 147 Å². The predicted molar refractivity (Wildman–Crippen MR) is 95.5 cm³/mol. The van der Waals surface area contributed by atoms with E-state index in [1.165, 1.54) is 6.42 Å². The zero-order chi connectivity index (χ0) is 17.2. The van der Waals surface area contributed by atoms with Gasteiger partial charge in [-0.3, -0.25) is 9.69 Å². The fourth-order valence-corrected chi connectivity index (χ4v) is 4.30. The number of benzene rings is 1. The first kappa shape index (κ1) is 16.3. The molecule has 1 aliphatic carbocycles. The summed E-state index contributed by atoms with van der Waals surface area (Å²) in [7, 11) is 0. The third-order valence-corrected chi connectivity index (χ3v) is 5.50. The van der Waals surface area contributed by atoms with Gasteiger partial charge in [-0.1, -0.05) is 18.2 Å². The van der Waals surface area contributed by atoms with Gasteiger partial charge in [-0.15, -0.1) is 0 Å². The van der Waals surface area contributed by atoms with E-state index in [0.29, 0.717) is 31.7 Å². The third-order valence-electron chi connectivity index (χ3n) is 5.50. The number of rotatable bonds is 5. The lowest BCUT2D eigenvalue weighted by Gasteiger charge is -2.37. The van der Waals surface area contributed by atoms with E-state index in [9.17, 15) is 4.79 Å². The minimum Gasteiger partial charge on any atom is -0.375 e. The van der Waals surface area contributed by atoms with Gasteiger partial charge in [0.05, 0.1) is 31.7 Å². The molecule has 5 heteroatoms. The quantitative estimate of drug-likeness (QED) is 0.787. The largest absolute Gasteiger partial charge is 0.375 e. The Morgan fingerprint density at radius 1 is 1.32 bits per heavy atom. The molecule has 1 aliphatic heterocycles. The van der Waals surface area contributed by atoms with Crippen molar-refractivity contribution < 1.29 is 9.53 Å². The molecule has 5 nitrogen and oxygen atoms in total. The number of hydrogen-bond donors (Lipinski definition) is 0. The fraction of sp³-hybridized carbons (Fsp3) is 0.500. The van der Waals surface area contributed by atoms with Crippen molar-refractivity contribution in [2.45, 2.75) is 44.4 Å². The normalized spacial score (nSPS) is 23.5. The number of aromatic nitrogens is 1. The number of Topliss-reactive ketones (excluding diaryl/α,β-unsaturated/α-hetero) is 1. The number of ether oxygens (including phenoxy) is 1. The fourth-order valence-electron chi connectivity index (χ4n) is 4.30. The van der Waals surface area contributed by atoms with Gasteiger partial charge in [0.1, 0.15) is 0 Å². The van der Waals surface area contributed by atoms with E-state index in [0.717, 1.165) is 42.5 Å². The summed E-state index contributed by atoms with van der Waals surface area (Å²) in [4.78, 5) is 15.4. The van der Waals surface area contributed by atoms with Crippen molar-refractivity contribution in [1.29, 1.82) is 5.26 Å². The highest BCUT2D eigenvalue weighted by Gasteiger charge is 2.36.